The number of methoxy groups -OCH3 is 2. The number of hydrogen-bond donors (Lipinski definition) is 1. The van der Waals surface area contributed by atoms with E-state index in [1.54, 1.807) is 14.2 Å². The number of amides is 1. The fraction of sp³-hybridized carbons (Fsp3) is 0.667. The normalized spacial score (nSPS) is 17.5. The highest BCUT2D eigenvalue weighted by Gasteiger charge is 2.20. The van der Waals surface area contributed by atoms with E-state index in [-0.39, 0.29) is 5.91 Å². The van der Waals surface area contributed by atoms with E-state index in [2.05, 4.69) is 16.5 Å². The molecule has 0 aliphatic carbocycles. The van der Waals surface area contributed by atoms with Gasteiger partial charge in [-0.25, -0.2) is 0 Å². The maximum Gasteiger partial charge on any atom is 0.220 e. The van der Waals surface area contributed by atoms with Gasteiger partial charge in [-0.3, -0.25) is 4.79 Å². The second kappa shape index (κ2) is 12.1. The van der Waals surface area contributed by atoms with Gasteiger partial charge in [0.1, 0.15) is 11.5 Å². The van der Waals surface area contributed by atoms with Crippen LogP contribution in [0.3, 0.4) is 0 Å². The molecule has 1 N–H and O–H groups in total. The topological polar surface area (TPSA) is 50.8 Å². The van der Waals surface area contributed by atoms with Crippen molar-refractivity contribution in [3.63, 3.8) is 0 Å². The number of benzene rings is 1. The van der Waals surface area contributed by atoms with E-state index < -0.39 is 0 Å². The highest BCUT2D eigenvalue weighted by molar-refractivity contribution is 7.98. The quantitative estimate of drug-likeness (QED) is 0.582. The summed E-state index contributed by atoms with van der Waals surface area (Å²) in [6.07, 6.45) is 7.51. The van der Waals surface area contributed by atoms with Crippen molar-refractivity contribution in [3.8, 4) is 11.5 Å². The molecule has 1 aromatic rings. The van der Waals surface area contributed by atoms with Gasteiger partial charge in [-0.05, 0) is 68.8 Å². The Morgan fingerprint density at radius 1 is 1.33 bits per heavy atom. The molecule has 0 spiro atoms. The Labute approximate surface area is 168 Å². The third-order valence-electron chi connectivity index (χ3n) is 5.18. The molecule has 1 atom stereocenters. The number of carbonyl (C=O) groups is 1. The van der Waals surface area contributed by atoms with Gasteiger partial charge in [0.2, 0.25) is 5.91 Å². The van der Waals surface area contributed by atoms with Crippen LogP contribution in [0, 0.1) is 5.92 Å². The van der Waals surface area contributed by atoms with Gasteiger partial charge < -0.3 is 19.7 Å². The van der Waals surface area contributed by atoms with Crippen molar-refractivity contribution in [2.45, 2.75) is 38.6 Å². The maximum absolute atomic E-state index is 12.3. The predicted octanol–water partition coefficient (Wildman–Crippen LogP) is 3.57. The molecule has 1 amide bonds. The Balaban J connectivity index is 1.71. The first kappa shape index (κ1) is 21.9. The lowest BCUT2D eigenvalue weighted by Gasteiger charge is -2.32. The molecule has 0 unspecified atom stereocenters. The van der Waals surface area contributed by atoms with E-state index in [4.69, 9.17) is 9.47 Å². The Morgan fingerprint density at radius 2 is 2.19 bits per heavy atom. The summed E-state index contributed by atoms with van der Waals surface area (Å²) in [5, 5.41) is 3.03. The van der Waals surface area contributed by atoms with Crippen LogP contribution in [-0.4, -0.2) is 56.7 Å². The Bertz CT molecular complexity index is 583. The van der Waals surface area contributed by atoms with Crippen LogP contribution in [0.4, 0.5) is 0 Å². The minimum absolute atomic E-state index is 0.118. The van der Waals surface area contributed by atoms with Crippen LogP contribution in [0.1, 0.15) is 37.7 Å². The third-order valence-corrected chi connectivity index (χ3v) is 5.87. The molecule has 0 radical (unpaired) electrons. The molecule has 1 aliphatic heterocycles. The van der Waals surface area contributed by atoms with Crippen molar-refractivity contribution in [2.24, 2.45) is 5.92 Å². The number of nitrogens with one attached hydrogen (secondary N) is 1. The van der Waals surface area contributed by atoms with Crippen molar-refractivity contribution < 1.29 is 14.3 Å². The predicted molar refractivity (Wildman–Crippen MR) is 113 cm³/mol. The molecule has 1 heterocycles. The van der Waals surface area contributed by atoms with Crippen molar-refractivity contribution in [2.75, 3.05) is 45.9 Å². The molecule has 0 saturated carbocycles. The zero-order valence-corrected chi connectivity index (χ0v) is 17.8. The summed E-state index contributed by atoms with van der Waals surface area (Å²) in [5.74, 6) is 3.49. The van der Waals surface area contributed by atoms with E-state index in [1.165, 1.54) is 38.1 Å². The van der Waals surface area contributed by atoms with Gasteiger partial charge in [0, 0.05) is 31.1 Å². The fourth-order valence-corrected chi connectivity index (χ4v) is 4.06. The number of nitrogens with zero attached hydrogens (tertiary/aromatic N) is 1. The van der Waals surface area contributed by atoms with Crippen LogP contribution in [-0.2, 0) is 11.3 Å². The summed E-state index contributed by atoms with van der Waals surface area (Å²) in [6, 6.07) is 5.67. The number of rotatable bonds is 11. The minimum atomic E-state index is 0.118. The molecule has 2 rings (SSSR count). The molecular weight excluding hydrogens is 360 g/mol. The van der Waals surface area contributed by atoms with Crippen LogP contribution in [0.2, 0.25) is 0 Å². The maximum atomic E-state index is 12.3. The minimum Gasteiger partial charge on any atom is -0.497 e. The second-order valence-electron chi connectivity index (χ2n) is 7.15. The van der Waals surface area contributed by atoms with Gasteiger partial charge in [-0.2, -0.15) is 11.8 Å². The summed E-state index contributed by atoms with van der Waals surface area (Å²) >= 11 is 1.92. The van der Waals surface area contributed by atoms with Crippen LogP contribution in [0.5, 0.6) is 11.5 Å². The lowest BCUT2D eigenvalue weighted by molar-refractivity contribution is -0.121. The molecule has 6 heteroatoms. The van der Waals surface area contributed by atoms with E-state index in [0.717, 1.165) is 30.0 Å². The highest BCUT2D eigenvalue weighted by Crippen LogP contribution is 2.25. The SMILES string of the molecule is COc1ccc(CNC(=O)CC[C@H]2CCCN(CCCSC)C2)c(OC)c1. The zero-order chi connectivity index (χ0) is 19.5. The Kier molecular flexibility index (Phi) is 9.84. The average Bonchev–Trinajstić information content (AvgIpc) is 2.71. The summed E-state index contributed by atoms with van der Waals surface area (Å²) in [4.78, 5) is 14.9. The summed E-state index contributed by atoms with van der Waals surface area (Å²) in [6.45, 7) is 4.04. The van der Waals surface area contributed by atoms with Gasteiger partial charge in [-0.15, -0.1) is 0 Å². The molecule has 1 aliphatic rings. The first-order valence-electron chi connectivity index (χ1n) is 9.85. The van der Waals surface area contributed by atoms with Crippen molar-refractivity contribution in [1.82, 2.24) is 10.2 Å². The standard InChI is InChI=1S/C21H34N2O3S/c1-25-19-9-8-18(20(14-19)26-2)15-22-21(24)10-7-17-6-4-11-23(16-17)12-5-13-27-3/h8-9,14,17H,4-7,10-13,15-16H2,1-3H3,(H,22,24)/t17-/m1/s1. The number of ether oxygens (including phenoxy) is 2. The second-order valence-corrected chi connectivity index (χ2v) is 8.13. The number of likely N-dealkylation sites (tertiary alicyclic amines) is 1. The van der Waals surface area contributed by atoms with Crippen LogP contribution in [0.25, 0.3) is 0 Å². The first-order valence-corrected chi connectivity index (χ1v) is 11.2. The lowest BCUT2D eigenvalue weighted by Crippen LogP contribution is -2.36. The van der Waals surface area contributed by atoms with Gasteiger partial charge in [0.25, 0.3) is 0 Å². The molecule has 1 saturated heterocycles. The largest absolute Gasteiger partial charge is 0.497 e. The first-order chi connectivity index (χ1) is 13.2. The van der Waals surface area contributed by atoms with Crippen molar-refractivity contribution in [3.05, 3.63) is 23.8 Å². The van der Waals surface area contributed by atoms with Crippen LogP contribution in [0.15, 0.2) is 18.2 Å². The van der Waals surface area contributed by atoms with Gasteiger partial charge >= 0.3 is 0 Å². The monoisotopic (exact) mass is 394 g/mol. The Morgan fingerprint density at radius 3 is 2.93 bits per heavy atom. The van der Waals surface area contributed by atoms with E-state index in [0.29, 0.717) is 18.9 Å². The van der Waals surface area contributed by atoms with E-state index in [9.17, 15) is 4.79 Å². The molecule has 0 bridgehead atoms. The molecule has 152 valence electrons. The van der Waals surface area contributed by atoms with Gasteiger partial charge in [0.15, 0.2) is 0 Å². The van der Waals surface area contributed by atoms with E-state index in [1.807, 2.05) is 30.0 Å². The average molecular weight is 395 g/mol. The number of hydrogen-bond acceptors (Lipinski definition) is 5. The summed E-state index contributed by atoms with van der Waals surface area (Å²) in [5.41, 5.74) is 0.962. The highest BCUT2D eigenvalue weighted by atomic mass is 32.2. The number of carbonyl (C=O) groups excluding carboxylic acids is 1. The summed E-state index contributed by atoms with van der Waals surface area (Å²) < 4.78 is 10.6. The molecule has 27 heavy (non-hydrogen) atoms. The van der Waals surface area contributed by atoms with Crippen molar-refractivity contribution in [1.29, 1.82) is 0 Å². The molecule has 5 nitrogen and oxygen atoms in total. The van der Waals surface area contributed by atoms with Crippen molar-refractivity contribution >= 4 is 17.7 Å². The van der Waals surface area contributed by atoms with E-state index >= 15 is 0 Å². The molecule has 0 aromatic heterocycles. The number of piperidine rings is 1. The van der Waals surface area contributed by atoms with Gasteiger partial charge in [-0.1, -0.05) is 0 Å². The third kappa shape index (κ3) is 7.62. The summed E-state index contributed by atoms with van der Waals surface area (Å²) in [7, 11) is 3.26. The van der Waals surface area contributed by atoms with Crippen LogP contribution >= 0.6 is 11.8 Å². The van der Waals surface area contributed by atoms with Gasteiger partial charge in [0.05, 0.1) is 14.2 Å². The van der Waals surface area contributed by atoms with Crippen LogP contribution < -0.4 is 14.8 Å². The fourth-order valence-electron chi connectivity index (χ4n) is 3.64. The zero-order valence-electron chi connectivity index (χ0n) is 17.0. The molecule has 1 aromatic carbocycles. The lowest BCUT2D eigenvalue weighted by atomic mass is 9.93. The molecule has 1 fully saturated rings. The Hall–Kier alpha value is -1.40. The molecular formula is C21H34N2O3S. The number of thioether (sulfide) groups is 1. The smallest absolute Gasteiger partial charge is 0.220 e.